The standard InChI is InChI=1S/C22H17BBrNO2/c24-22-15-17-13-20(12-11-16(17)14-21(22)23(26)27)25(18-7-3-1-4-8-18)19-9-5-2-6-10-19/h1-15,26-27H. The molecule has 0 atom stereocenters. The van der Waals surface area contributed by atoms with Gasteiger partial charge in [-0.25, -0.2) is 0 Å². The molecule has 4 rings (SSSR count). The molecule has 0 aliphatic rings. The van der Waals surface area contributed by atoms with Crippen LogP contribution in [0.25, 0.3) is 10.8 Å². The van der Waals surface area contributed by atoms with Crippen LogP contribution in [0, 0.1) is 0 Å². The summed E-state index contributed by atoms with van der Waals surface area (Å²) in [4.78, 5) is 2.20. The molecule has 132 valence electrons. The number of fused-ring (bicyclic) bond motifs is 1. The summed E-state index contributed by atoms with van der Waals surface area (Å²) in [6.45, 7) is 0. The van der Waals surface area contributed by atoms with E-state index in [1.165, 1.54) is 0 Å². The molecule has 0 bridgehead atoms. The van der Waals surface area contributed by atoms with Crippen LogP contribution in [0.5, 0.6) is 0 Å². The summed E-state index contributed by atoms with van der Waals surface area (Å²) in [5, 5.41) is 21.0. The maximum Gasteiger partial charge on any atom is 0.489 e. The first-order chi connectivity index (χ1) is 13.1. The van der Waals surface area contributed by atoms with Gasteiger partial charge in [-0.05, 0) is 58.7 Å². The monoisotopic (exact) mass is 417 g/mol. The number of hydrogen-bond acceptors (Lipinski definition) is 3. The second kappa shape index (κ2) is 7.57. The molecule has 0 saturated carbocycles. The number of anilines is 3. The molecule has 0 aliphatic heterocycles. The Morgan fingerprint density at radius 1 is 0.630 bits per heavy atom. The fourth-order valence-electron chi connectivity index (χ4n) is 3.21. The van der Waals surface area contributed by atoms with Crippen LogP contribution in [0.2, 0.25) is 0 Å². The van der Waals surface area contributed by atoms with Crippen LogP contribution in [-0.4, -0.2) is 17.2 Å². The minimum atomic E-state index is -1.51. The Labute approximate surface area is 166 Å². The van der Waals surface area contributed by atoms with Crippen molar-refractivity contribution in [1.29, 1.82) is 0 Å². The van der Waals surface area contributed by atoms with Crippen molar-refractivity contribution in [3.8, 4) is 0 Å². The summed E-state index contributed by atoms with van der Waals surface area (Å²) in [6, 6.07) is 30.3. The predicted molar refractivity (Wildman–Crippen MR) is 116 cm³/mol. The van der Waals surface area contributed by atoms with Gasteiger partial charge in [0.15, 0.2) is 0 Å². The Balaban J connectivity index is 1.87. The van der Waals surface area contributed by atoms with E-state index in [9.17, 15) is 10.0 Å². The number of para-hydroxylation sites is 2. The zero-order valence-electron chi connectivity index (χ0n) is 14.5. The zero-order chi connectivity index (χ0) is 18.8. The van der Waals surface area contributed by atoms with E-state index >= 15 is 0 Å². The fourth-order valence-corrected chi connectivity index (χ4v) is 3.78. The number of rotatable bonds is 4. The number of nitrogens with zero attached hydrogens (tertiary/aromatic N) is 1. The molecule has 0 fully saturated rings. The second-order valence-electron chi connectivity index (χ2n) is 6.29. The molecule has 0 radical (unpaired) electrons. The highest BCUT2D eigenvalue weighted by Gasteiger charge is 2.17. The number of benzene rings is 4. The van der Waals surface area contributed by atoms with Crippen LogP contribution in [0.4, 0.5) is 17.1 Å². The van der Waals surface area contributed by atoms with Crippen LogP contribution >= 0.6 is 15.9 Å². The van der Waals surface area contributed by atoms with Crippen molar-refractivity contribution < 1.29 is 10.0 Å². The summed E-state index contributed by atoms with van der Waals surface area (Å²) < 4.78 is 0.674. The van der Waals surface area contributed by atoms with Crippen LogP contribution in [-0.2, 0) is 0 Å². The molecule has 0 amide bonds. The van der Waals surface area contributed by atoms with Gasteiger partial charge >= 0.3 is 7.12 Å². The first-order valence-electron chi connectivity index (χ1n) is 8.63. The number of hydrogen-bond donors (Lipinski definition) is 2. The Morgan fingerprint density at radius 2 is 1.22 bits per heavy atom. The highest BCUT2D eigenvalue weighted by atomic mass is 79.9. The Hall–Kier alpha value is -2.60. The van der Waals surface area contributed by atoms with Crippen LogP contribution in [0.15, 0.2) is 95.5 Å². The highest BCUT2D eigenvalue weighted by molar-refractivity contribution is 9.10. The van der Waals surface area contributed by atoms with E-state index in [2.05, 4.69) is 51.2 Å². The average Bonchev–Trinajstić information content (AvgIpc) is 2.69. The van der Waals surface area contributed by atoms with E-state index in [0.29, 0.717) is 9.94 Å². The third-order valence-corrected chi connectivity index (χ3v) is 5.19. The van der Waals surface area contributed by atoms with E-state index in [1.807, 2.05) is 54.6 Å². The van der Waals surface area contributed by atoms with Gasteiger partial charge in [-0.3, -0.25) is 0 Å². The first kappa shape index (κ1) is 17.8. The predicted octanol–water partition coefficient (Wildman–Crippen LogP) is 4.75. The third-order valence-electron chi connectivity index (χ3n) is 4.50. The molecular formula is C22H17BBrNO2. The second-order valence-corrected chi connectivity index (χ2v) is 7.14. The van der Waals surface area contributed by atoms with E-state index in [4.69, 9.17) is 0 Å². The van der Waals surface area contributed by atoms with Gasteiger partial charge in [0, 0.05) is 21.5 Å². The van der Waals surface area contributed by atoms with Crippen molar-refractivity contribution in [2.75, 3.05) is 4.90 Å². The summed E-state index contributed by atoms with van der Waals surface area (Å²) in [5.41, 5.74) is 3.64. The summed E-state index contributed by atoms with van der Waals surface area (Å²) in [6.07, 6.45) is 0. The van der Waals surface area contributed by atoms with Gasteiger partial charge in [0.1, 0.15) is 0 Å². The molecule has 27 heavy (non-hydrogen) atoms. The van der Waals surface area contributed by atoms with Gasteiger partial charge in [0.25, 0.3) is 0 Å². The van der Waals surface area contributed by atoms with Crippen molar-refractivity contribution in [3.63, 3.8) is 0 Å². The molecule has 0 aromatic heterocycles. The minimum absolute atomic E-state index is 0.457. The summed E-state index contributed by atoms with van der Waals surface area (Å²) >= 11 is 3.44. The third kappa shape index (κ3) is 3.62. The molecule has 4 aromatic rings. The van der Waals surface area contributed by atoms with Gasteiger partial charge in [0.2, 0.25) is 0 Å². The summed E-state index contributed by atoms with van der Waals surface area (Å²) in [5.74, 6) is 0. The molecule has 0 saturated heterocycles. The fraction of sp³-hybridized carbons (Fsp3) is 0. The molecular weight excluding hydrogens is 401 g/mol. The molecule has 0 spiro atoms. The molecule has 0 aliphatic carbocycles. The van der Waals surface area contributed by atoms with E-state index < -0.39 is 7.12 Å². The van der Waals surface area contributed by atoms with Crippen molar-refractivity contribution in [3.05, 3.63) is 95.5 Å². The Kier molecular flexibility index (Phi) is 4.99. The Morgan fingerprint density at radius 3 is 1.78 bits per heavy atom. The van der Waals surface area contributed by atoms with E-state index in [-0.39, 0.29) is 0 Å². The SMILES string of the molecule is OB(O)c1cc2ccc(N(c3ccccc3)c3ccccc3)cc2cc1Br. The maximum absolute atomic E-state index is 9.52. The lowest BCUT2D eigenvalue weighted by molar-refractivity contribution is 0.425. The van der Waals surface area contributed by atoms with Gasteiger partial charge in [-0.2, -0.15) is 0 Å². The quantitative estimate of drug-likeness (QED) is 0.471. The maximum atomic E-state index is 9.52. The minimum Gasteiger partial charge on any atom is -0.423 e. The van der Waals surface area contributed by atoms with E-state index in [1.54, 1.807) is 6.07 Å². The largest absolute Gasteiger partial charge is 0.489 e. The van der Waals surface area contributed by atoms with Crippen molar-refractivity contribution >= 4 is 56.3 Å². The van der Waals surface area contributed by atoms with Gasteiger partial charge in [-0.15, -0.1) is 0 Å². The molecule has 0 heterocycles. The van der Waals surface area contributed by atoms with Gasteiger partial charge < -0.3 is 14.9 Å². The van der Waals surface area contributed by atoms with Gasteiger partial charge in [-0.1, -0.05) is 64.5 Å². The zero-order valence-corrected chi connectivity index (χ0v) is 16.0. The lowest BCUT2D eigenvalue weighted by Crippen LogP contribution is -2.30. The molecule has 4 aromatic carbocycles. The topological polar surface area (TPSA) is 43.7 Å². The average molecular weight is 418 g/mol. The molecule has 3 nitrogen and oxygen atoms in total. The van der Waals surface area contributed by atoms with Crippen molar-refractivity contribution in [2.45, 2.75) is 0 Å². The smallest absolute Gasteiger partial charge is 0.423 e. The van der Waals surface area contributed by atoms with E-state index in [0.717, 1.165) is 27.8 Å². The molecule has 0 unspecified atom stereocenters. The molecule has 2 N–H and O–H groups in total. The molecule has 5 heteroatoms. The van der Waals surface area contributed by atoms with Crippen LogP contribution in [0.1, 0.15) is 0 Å². The first-order valence-corrected chi connectivity index (χ1v) is 9.42. The van der Waals surface area contributed by atoms with Crippen molar-refractivity contribution in [1.82, 2.24) is 0 Å². The van der Waals surface area contributed by atoms with Crippen LogP contribution < -0.4 is 10.4 Å². The lowest BCUT2D eigenvalue weighted by atomic mass is 9.79. The van der Waals surface area contributed by atoms with Gasteiger partial charge in [0.05, 0.1) is 0 Å². The number of halogens is 1. The highest BCUT2D eigenvalue weighted by Crippen LogP contribution is 2.35. The van der Waals surface area contributed by atoms with Crippen molar-refractivity contribution in [2.24, 2.45) is 0 Å². The van der Waals surface area contributed by atoms with Crippen LogP contribution in [0.3, 0.4) is 0 Å². The Bertz CT molecular complexity index is 1030. The lowest BCUT2D eigenvalue weighted by Gasteiger charge is -2.25. The normalized spacial score (nSPS) is 10.8. The summed E-state index contributed by atoms with van der Waals surface area (Å²) in [7, 11) is -1.51.